The fraction of sp³-hybridized carbons (Fsp3) is 0.385. The lowest BCUT2D eigenvalue weighted by Gasteiger charge is -2.27. The number of hydrogen-bond donors (Lipinski definition) is 0. The maximum absolute atomic E-state index is 13.3. The van der Waals surface area contributed by atoms with E-state index in [9.17, 15) is 9.59 Å². The van der Waals surface area contributed by atoms with E-state index in [-0.39, 0.29) is 24.6 Å². The van der Waals surface area contributed by atoms with Gasteiger partial charge >= 0.3 is 6.09 Å². The highest BCUT2D eigenvalue weighted by Gasteiger charge is 2.33. The first-order valence-electron chi connectivity index (χ1n) is 11.6. The maximum Gasteiger partial charge on any atom is 0.410 e. The number of nitrogens with zero attached hydrogens (tertiary/aromatic N) is 5. The Balaban J connectivity index is 1.52. The van der Waals surface area contributed by atoms with Crippen molar-refractivity contribution in [2.45, 2.75) is 45.4 Å². The maximum atomic E-state index is 13.3. The zero-order valence-corrected chi connectivity index (χ0v) is 21.2. The van der Waals surface area contributed by atoms with Crippen LogP contribution >= 0.6 is 11.6 Å². The predicted octanol–water partition coefficient (Wildman–Crippen LogP) is 4.73. The summed E-state index contributed by atoms with van der Waals surface area (Å²) < 4.78 is 7.34. The Bertz CT molecular complexity index is 1190. The zero-order valence-electron chi connectivity index (χ0n) is 20.4. The molecule has 0 N–H and O–H groups in total. The molecule has 1 saturated heterocycles. The Labute approximate surface area is 210 Å². The molecule has 1 aliphatic rings. The Morgan fingerprint density at radius 1 is 1.11 bits per heavy atom. The van der Waals surface area contributed by atoms with Gasteiger partial charge in [-0.15, -0.1) is 0 Å². The summed E-state index contributed by atoms with van der Waals surface area (Å²) >= 11 is 6.07. The van der Waals surface area contributed by atoms with Crippen molar-refractivity contribution in [2.75, 3.05) is 20.1 Å². The first-order valence-corrected chi connectivity index (χ1v) is 12.0. The fourth-order valence-electron chi connectivity index (χ4n) is 4.14. The van der Waals surface area contributed by atoms with Gasteiger partial charge in [-0.3, -0.25) is 9.78 Å². The van der Waals surface area contributed by atoms with Crippen LogP contribution in [0.5, 0.6) is 0 Å². The van der Waals surface area contributed by atoms with Gasteiger partial charge in [0.25, 0.3) is 0 Å². The van der Waals surface area contributed by atoms with Crippen molar-refractivity contribution in [3.63, 3.8) is 0 Å². The van der Waals surface area contributed by atoms with Gasteiger partial charge in [-0.05, 0) is 51.5 Å². The van der Waals surface area contributed by atoms with Gasteiger partial charge in [0.15, 0.2) is 0 Å². The number of rotatable bonds is 5. The van der Waals surface area contributed by atoms with Crippen LogP contribution in [0.15, 0.2) is 55.1 Å². The molecule has 8 nitrogen and oxygen atoms in total. The number of benzene rings is 1. The number of carbonyl (C=O) groups excluding carboxylic acids is 2. The molecule has 0 saturated carbocycles. The van der Waals surface area contributed by atoms with E-state index >= 15 is 0 Å². The van der Waals surface area contributed by atoms with Gasteiger partial charge in [0.05, 0.1) is 23.8 Å². The summed E-state index contributed by atoms with van der Waals surface area (Å²) in [5.74, 6) is -0.0589. The molecule has 3 aromatic rings. The molecule has 2 amide bonds. The second-order valence-electron chi connectivity index (χ2n) is 9.69. The van der Waals surface area contributed by atoms with Crippen molar-refractivity contribution in [1.29, 1.82) is 0 Å². The molecule has 0 aliphatic carbocycles. The van der Waals surface area contributed by atoms with Crippen molar-refractivity contribution in [3.8, 4) is 22.5 Å². The van der Waals surface area contributed by atoms with Gasteiger partial charge in [0.1, 0.15) is 12.1 Å². The molecule has 9 heteroatoms. The third kappa shape index (κ3) is 5.82. The number of likely N-dealkylation sites (tertiary alicyclic amines) is 1. The largest absolute Gasteiger partial charge is 0.444 e. The third-order valence-corrected chi connectivity index (χ3v) is 6.22. The lowest BCUT2D eigenvalue weighted by molar-refractivity contribution is -0.132. The Kier molecular flexibility index (Phi) is 7.12. The van der Waals surface area contributed by atoms with Crippen molar-refractivity contribution in [3.05, 3.63) is 60.1 Å². The first-order chi connectivity index (χ1) is 16.6. The average molecular weight is 496 g/mol. The van der Waals surface area contributed by atoms with Gasteiger partial charge in [-0.1, -0.05) is 23.7 Å². The molecule has 0 unspecified atom stereocenters. The van der Waals surface area contributed by atoms with Gasteiger partial charge in [0.2, 0.25) is 5.91 Å². The minimum absolute atomic E-state index is 0.0589. The lowest BCUT2D eigenvalue weighted by atomic mass is 10.1. The average Bonchev–Trinajstić information content (AvgIpc) is 3.46. The van der Waals surface area contributed by atoms with E-state index in [0.29, 0.717) is 24.5 Å². The van der Waals surface area contributed by atoms with Gasteiger partial charge < -0.3 is 19.1 Å². The molecular weight excluding hydrogens is 466 g/mol. The smallest absolute Gasteiger partial charge is 0.410 e. The quantitative estimate of drug-likeness (QED) is 0.511. The van der Waals surface area contributed by atoms with Crippen LogP contribution in [0.1, 0.15) is 27.2 Å². The number of likely N-dealkylation sites (N-methyl/N-ethyl adjacent to an activating group) is 1. The molecule has 0 spiro atoms. The molecule has 1 aromatic carbocycles. The van der Waals surface area contributed by atoms with Crippen LogP contribution < -0.4 is 0 Å². The van der Waals surface area contributed by atoms with E-state index < -0.39 is 5.60 Å². The number of pyridine rings is 1. The van der Waals surface area contributed by atoms with E-state index in [1.807, 2.05) is 61.7 Å². The first kappa shape index (κ1) is 24.7. The minimum Gasteiger partial charge on any atom is -0.444 e. The molecule has 0 bridgehead atoms. The van der Waals surface area contributed by atoms with E-state index in [2.05, 4.69) is 9.97 Å². The van der Waals surface area contributed by atoms with Crippen LogP contribution in [-0.4, -0.2) is 68.1 Å². The van der Waals surface area contributed by atoms with Crippen LogP contribution in [0.25, 0.3) is 22.5 Å². The third-order valence-electron chi connectivity index (χ3n) is 5.97. The van der Waals surface area contributed by atoms with Gasteiger partial charge in [-0.2, -0.15) is 0 Å². The van der Waals surface area contributed by atoms with Crippen molar-refractivity contribution < 1.29 is 14.3 Å². The second kappa shape index (κ2) is 10.1. The molecule has 35 heavy (non-hydrogen) atoms. The predicted molar refractivity (Wildman–Crippen MR) is 135 cm³/mol. The Morgan fingerprint density at radius 2 is 1.80 bits per heavy atom. The van der Waals surface area contributed by atoms with E-state index in [4.69, 9.17) is 16.3 Å². The molecule has 2 aromatic heterocycles. The van der Waals surface area contributed by atoms with E-state index in [0.717, 1.165) is 22.5 Å². The molecule has 184 valence electrons. The van der Waals surface area contributed by atoms with Crippen molar-refractivity contribution in [2.24, 2.45) is 0 Å². The summed E-state index contributed by atoms with van der Waals surface area (Å²) in [6.07, 6.45) is 5.49. The molecular formula is C26H30ClN5O3. The standard InChI is InChI=1S/C26H30ClN5O3/c1-26(2,3)35-25(34)31-14-11-21(15-31)30(4)22(33)16-32-17-29-23(18-5-7-20(27)8-6-18)24(32)19-9-12-28-13-10-19/h5-10,12-13,17,21H,11,14-16H2,1-4H3/t21-/m0/s1. The summed E-state index contributed by atoms with van der Waals surface area (Å²) in [5.41, 5.74) is 2.86. The summed E-state index contributed by atoms with van der Waals surface area (Å²) in [5, 5.41) is 0.646. The van der Waals surface area contributed by atoms with Crippen molar-refractivity contribution in [1.82, 2.24) is 24.3 Å². The number of hydrogen-bond acceptors (Lipinski definition) is 5. The molecule has 0 radical (unpaired) electrons. The monoisotopic (exact) mass is 495 g/mol. The summed E-state index contributed by atoms with van der Waals surface area (Å²) in [7, 11) is 1.79. The van der Waals surface area contributed by atoms with Crippen LogP contribution in [-0.2, 0) is 16.1 Å². The number of aromatic nitrogens is 3. The molecule has 3 heterocycles. The van der Waals surface area contributed by atoms with Gasteiger partial charge in [-0.25, -0.2) is 9.78 Å². The Hall–Kier alpha value is -3.39. The molecule has 1 fully saturated rings. The summed E-state index contributed by atoms with van der Waals surface area (Å²) in [6.45, 7) is 6.67. The van der Waals surface area contributed by atoms with Crippen LogP contribution in [0.3, 0.4) is 0 Å². The molecule has 1 atom stereocenters. The normalized spacial score (nSPS) is 15.8. The number of halogens is 1. The highest BCUT2D eigenvalue weighted by molar-refractivity contribution is 6.30. The van der Waals surface area contributed by atoms with Crippen LogP contribution in [0.2, 0.25) is 5.02 Å². The van der Waals surface area contributed by atoms with E-state index in [1.54, 1.807) is 35.6 Å². The lowest BCUT2D eigenvalue weighted by Crippen LogP contribution is -2.42. The second-order valence-corrected chi connectivity index (χ2v) is 10.1. The highest BCUT2D eigenvalue weighted by Crippen LogP contribution is 2.32. The molecule has 1 aliphatic heterocycles. The summed E-state index contributed by atoms with van der Waals surface area (Å²) in [6, 6.07) is 11.2. The van der Waals surface area contributed by atoms with Crippen LogP contribution in [0, 0.1) is 0 Å². The number of amides is 2. The fourth-order valence-corrected chi connectivity index (χ4v) is 4.27. The minimum atomic E-state index is -0.552. The number of imidazole rings is 1. The SMILES string of the molecule is CN(C(=O)Cn1cnc(-c2ccc(Cl)cc2)c1-c1ccncc1)[C@H]1CCN(C(=O)OC(C)(C)C)C1. The van der Waals surface area contributed by atoms with E-state index in [1.165, 1.54) is 0 Å². The van der Waals surface area contributed by atoms with Crippen LogP contribution in [0.4, 0.5) is 4.79 Å². The number of carbonyl (C=O) groups is 2. The zero-order chi connectivity index (χ0) is 25.2. The Morgan fingerprint density at radius 3 is 2.46 bits per heavy atom. The summed E-state index contributed by atoms with van der Waals surface area (Å²) in [4.78, 5) is 37.9. The molecule has 4 rings (SSSR count). The highest BCUT2D eigenvalue weighted by atomic mass is 35.5. The van der Waals surface area contributed by atoms with Crippen molar-refractivity contribution >= 4 is 23.6 Å². The number of ether oxygens (including phenoxy) is 1. The van der Waals surface area contributed by atoms with Gasteiger partial charge in [0, 0.05) is 48.7 Å². The topological polar surface area (TPSA) is 80.6 Å².